The lowest BCUT2D eigenvalue weighted by atomic mass is 10.0. The van der Waals surface area contributed by atoms with E-state index < -0.39 is 0 Å². The molecule has 0 atom stereocenters. The molecule has 1 heterocycles. The average Bonchev–Trinajstić information content (AvgIpc) is 2.92. The molecule has 150 valence electrons. The minimum atomic E-state index is -0.343. The summed E-state index contributed by atoms with van der Waals surface area (Å²) in [5.74, 6) is -0.657. The number of carbonyl (C=O) groups excluding carboxylic acids is 2. The van der Waals surface area contributed by atoms with Gasteiger partial charge in [-0.1, -0.05) is 54.1 Å². The normalized spacial score (nSPS) is 13.9. The Labute approximate surface area is 176 Å². The number of hydrogen-bond donors (Lipinski definition) is 1. The molecule has 4 rings (SSSR count). The van der Waals surface area contributed by atoms with E-state index in [-0.39, 0.29) is 11.8 Å². The van der Waals surface area contributed by atoms with Crippen molar-refractivity contribution >= 4 is 28.8 Å². The minimum Gasteiger partial charge on any atom is -0.350 e. The molecule has 0 aliphatic carbocycles. The Balaban J connectivity index is 1.84. The van der Waals surface area contributed by atoms with Gasteiger partial charge in [-0.2, -0.15) is 0 Å². The first-order valence-electron chi connectivity index (χ1n) is 9.96. The van der Waals surface area contributed by atoms with Crippen LogP contribution in [0.4, 0.5) is 11.4 Å². The monoisotopic (exact) mass is 396 g/mol. The molecule has 1 N–H and O–H groups in total. The summed E-state index contributed by atoms with van der Waals surface area (Å²) in [6.07, 6.45) is 0. The van der Waals surface area contributed by atoms with Crippen LogP contribution in [0.3, 0.4) is 0 Å². The van der Waals surface area contributed by atoms with E-state index in [2.05, 4.69) is 11.4 Å². The Hall–Kier alpha value is -3.66. The summed E-state index contributed by atoms with van der Waals surface area (Å²) in [6.45, 7) is 7.92. The number of carbonyl (C=O) groups is 2. The molecule has 0 saturated heterocycles. The largest absolute Gasteiger partial charge is 0.350 e. The van der Waals surface area contributed by atoms with Gasteiger partial charge in [-0.05, 0) is 68.1 Å². The third kappa shape index (κ3) is 3.52. The van der Waals surface area contributed by atoms with E-state index in [4.69, 9.17) is 0 Å². The fourth-order valence-electron chi connectivity index (χ4n) is 3.98. The number of benzene rings is 3. The molecule has 3 aromatic rings. The third-order valence-electron chi connectivity index (χ3n) is 5.23. The predicted molar refractivity (Wildman–Crippen MR) is 121 cm³/mol. The Morgan fingerprint density at radius 3 is 2.00 bits per heavy atom. The number of amides is 2. The summed E-state index contributed by atoms with van der Waals surface area (Å²) in [7, 11) is 0. The zero-order valence-corrected chi connectivity index (χ0v) is 17.6. The molecule has 0 fully saturated rings. The molecular formula is C26H24N2O2. The Kier molecular flexibility index (Phi) is 5.00. The fourth-order valence-corrected chi connectivity index (χ4v) is 3.98. The molecule has 0 saturated carbocycles. The van der Waals surface area contributed by atoms with Crippen LogP contribution < -0.4 is 10.2 Å². The summed E-state index contributed by atoms with van der Waals surface area (Å²) < 4.78 is 0. The van der Waals surface area contributed by atoms with Crippen molar-refractivity contribution in [2.45, 2.75) is 27.7 Å². The Morgan fingerprint density at radius 2 is 1.37 bits per heavy atom. The van der Waals surface area contributed by atoms with E-state index in [1.54, 1.807) is 0 Å². The van der Waals surface area contributed by atoms with Crippen molar-refractivity contribution < 1.29 is 9.59 Å². The first-order chi connectivity index (χ1) is 14.3. The highest BCUT2D eigenvalue weighted by molar-refractivity contribution is 6.46. The Bertz CT molecular complexity index is 1170. The number of nitrogens with one attached hydrogen (secondary N) is 1. The second-order valence-corrected chi connectivity index (χ2v) is 7.85. The molecule has 30 heavy (non-hydrogen) atoms. The quantitative estimate of drug-likeness (QED) is 0.608. The van der Waals surface area contributed by atoms with Gasteiger partial charge in [0.2, 0.25) is 0 Å². The van der Waals surface area contributed by atoms with E-state index in [9.17, 15) is 9.59 Å². The number of anilines is 2. The van der Waals surface area contributed by atoms with Crippen molar-refractivity contribution in [1.29, 1.82) is 0 Å². The molecule has 4 nitrogen and oxygen atoms in total. The van der Waals surface area contributed by atoms with Crippen LogP contribution in [-0.2, 0) is 9.59 Å². The van der Waals surface area contributed by atoms with Gasteiger partial charge in [-0.15, -0.1) is 0 Å². The van der Waals surface area contributed by atoms with Gasteiger partial charge >= 0.3 is 0 Å². The molecule has 0 spiro atoms. The van der Waals surface area contributed by atoms with Crippen LogP contribution in [0.5, 0.6) is 0 Å². The number of imide groups is 1. The van der Waals surface area contributed by atoms with Crippen molar-refractivity contribution in [1.82, 2.24) is 0 Å². The van der Waals surface area contributed by atoms with Gasteiger partial charge in [-0.3, -0.25) is 9.59 Å². The van der Waals surface area contributed by atoms with Crippen LogP contribution >= 0.6 is 0 Å². The van der Waals surface area contributed by atoms with Crippen LogP contribution in [0, 0.1) is 27.7 Å². The van der Waals surface area contributed by atoms with Gasteiger partial charge < -0.3 is 5.32 Å². The van der Waals surface area contributed by atoms with Gasteiger partial charge in [0.15, 0.2) is 0 Å². The van der Waals surface area contributed by atoms with Crippen molar-refractivity contribution in [3.05, 3.63) is 100 Å². The molecule has 4 heteroatoms. The Morgan fingerprint density at radius 1 is 0.700 bits per heavy atom. The number of hydrogen-bond acceptors (Lipinski definition) is 3. The van der Waals surface area contributed by atoms with E-state index in [0.29, 0.717) is 17.0 Å². The van der Waals surface area contributed by atoms with Crippen molar-refractivity contribution in [3.8, 4) is 0 Å². The second-order valence-electron chi connectivity index (χ2n) is 7.85. The van der Waals surface area contributed by atoms with Crippen LogP contribution in [0.2, 0.25) is 0 Å². The zero-order valence-electron chi connectivity index (χ0n) is 17.6. The molecular weight excluding hydrogens is 372 g/mol. The summed E-state index contributed by atoms with van der Waals surface area (Å²) >= 11 is 0. The molecule has 0 radical (unpaired) electrons. The SMILES string of the molecule is Cc1cc(C)cc(NC2=C(c3ccccc3)C(=O)N(c3ccc(C)cc3C)C2=O)c1. The zero-order chi connectivity index (χ0) is 21.4. The van der Waals surface area contributed by atoms with Crippen molar-refractivity contribution in [3.63, 3.8) is 0 Å². The number of rotatable bonds is 4. The lowest BCUT2D eigenvalue weighted by Gasteiger charge is -2.18. The van der Waals surface area contributed by atoms with Crippen molar-refractivity contribution in [2.24, 2.45) is 0 Å². The molecule has 2 amide bonds. The van der Waals surface area contributed by atoms with E-state index in [1.165, 1.54) is 4.90 Å². The molecule has 1 aliphatic rings. The van der Waals surface area contributed by atoms with Crippen LogP contribution in [0.15, 0.2) is 72.4 Å². The topological polar surface area (TPSA) is 49.4 Å². The maximum atomic E-state index is 13.5. The maximum absolute atomic E-state index is 13.5. The lowest BCUT2D eigenvalue weighted by Crippen LogP contribution is -2.33. The van der Waals surface area contributed by atoms with Gasteiger partial charge in [0.25, 0.3) is 11.8 Å². The molecule has 0 bridgehead atoms. The molecule has 3 aromatic carbocycles. The molecule has 1 aliphatic heterocycles. The second kappa shape index (κ2) is 7.64. The standard InChI is InChI=1S/C26H24N2O2/c1-16-10-11-22(19(4)13-16)28-25(29)23(20-8-6-5-7-9-20)24(26(28)30)27-21-14-17(2)12-18(3)15-21/h5-15,27H,1-4H3. The molecule has 0 aromatic heterocycles. The average molecular weight is 396 g/mol. The van der Waals surface area contributed by atoms with Crippen molar-refractivity contribution in [2.75, 3.05) is 10.2 Å². The predicted octanol–water partition coefficient (Wildman–Crippen LogP) is 5.32. The first kappa shape index (κ1) is 19.6. The van der Waals surface area contributed by atoms with E-state index >= 15 is 0 Å². The summed E-state index contributed by atoms with van der Waals surface area (Å²) in [6, 6.07) is 21.1. The van der Waals surface area contributed by atoms with Crippen LogP contribution in [0.1, 0.15) is 27.8 Å². The maximum Gasteiger partial charge on any atom is 0.282 e. The first-order valence-corrected chi connectivity index (χ1v) is 9.96. The van der Waals surface area contributed by atoms with Crippen LogP contribution in [0.25, 0.3) is 5.57 Å². The third-order valence-corrected chi connectivity index (χ3v) is 5.23. The number of aryl methyl sites for hydroxylation is 4. The smallest absolute Gasteiger partial charge is 0.282 e. The van der Waals surface area contributed by atoms with Gasteiger partial charge in [-0.25, -0.2) is 4.90 Å². The summed E-state index contributed by atoms with van der Waals surface area (Å²) in [4.78, 5) is 28.3. The highest BCUT2D eigenvalue weighted by Crippen LogP contribution is 2.35. The highest BCUT2D eigenvalue weighted by atomic mass is 16.2. The van der Waals surface area contributed by atoms with Gasteiger partial charge in [0.05, 0.1) is 11.3 Å². The summed E-state index contributed by atoms with van der Waals surface area (Å²) in [5, 5.41) is 3.25. The van der Waals surface area contributed by atoms with E-state index in [0.717, 1.165) is 33.5 Å². The van der Waals surface area contributed by atoms with Crippen LogP contribution in [-0.4, -0.2) is 11.8 Å². The number of nitrogens with zero attached hydrogens (tertiary/aromatic N) is 1. The lowest BCUT2D eigenvalue weighted by molar-refractivity contribution is -0.120. The highest BCUT2D eigenvalue weighted by Gasteiger charge is 2.40. The van der Waals surface area contributed by atoms with E-state index in [1.807, 2.05) is 88.4 Å². The molecule has 0 unspecified atom stereocenters. The minimum absolute atomic E-state index is 0.302. The fraction of sp³-hybridized carbons (Fsp3) is 0.154. The summed E-state index contributed by atoms with van der Waals surface area (Å²) in [5.41, 5.74) is 6.95. The van der Waals surface area contributed by atoms with Gasteiger partial charge in [0.1, 0.15) is 5.70 Å². The van der Waals surface area contributed by atoms with Gasteiger partial charge in [0, 0.05) is 5.69 Å².